The molecule has 28 heavy (non-hydrogen) atoms. The molecule has 3 heterocycles. The average molecular weight is 459 g/mol. The number of nitrogens with zero attached hydrogens (tertiary/aromatic N) is 1. The first kappa shape index (κ1) is 19.6. The van der Waals surface area contributed by atoms with Crippen LogP contribution in [0.15, 0.2) is 24.3 Å². The molecule has 1 aliphatic carbocycles. The van der Waals surface area contributed by atoms with E-state index in [0.29, 0.717) is 28.4 Å². The lowest BCUT2D eigenvalue weighted by molar-refractivity contribution is 0.103. The van der Waals surface area contributed by atoms with Gasteiger partial charge < -0.3 is 10.6 Å². The number of thiophene rings is 1. The van der Waals surface area contributed by atoms with Crippen molar-refractivity contribution in [2.45, 2.75) is 30.1 Å². The van der Waals surface area contributed by atoms with Crippen LogP contribution < -0.4 is 10.6 Å². The zero-order valence-electron chi connectivity index (χ0n) is 14.7. The summed E-state index contributed by atoms with van der Waals surface area (Å²) in [5.74, 6) is -0.311. The summed E-state index contributed by atoms with van der Waals surface area (Å²) in [6, 6.07) is 6.35. The Hall–Kier alpha value is -1.68. The number of sulfone groups is 1. The Morgan fingerprint density at radius 2 is 2.07 bits per heavy atom. The molecule has 11 heteroatoms. The molecule has 1 saturated heterocycles. The van der Waals surface area contributed by atoms with Crippen LogP contribution in [0, 0.1) is 5.41 Å². The monoisotopic (exact) mass is 458 g/mol. The predicted octanol–water partition coefficient (Wildman–Crippen LogP) is 3.45. The Bertz CT molecular complexity index is 1110. The molecule has 0 radical (unpaired) electrons. The second kappa shape index (κ2) is 6.41. The summed E-state index contributed by atoms with van der Waals surface area (Å²) >= 11 is 13.3. The van der Waals surface area contributed by atoms with Crippen molar-refractivity contribution in [3.63, 3.8) is 0 Å². The predicted molar refractivity (Wildman–Crippen MR) is 110 cm³/mol. The molecule has 7 nitrogen and oxygen atoms in total. The van der Waals surface area contributed by atoms with E-state index in [9.17, 15) is 13.2 Å². The Morgan fingerprint density at radius 1 is 1.36 bits per heavy atom. The molecule has 1 saturated carbocycles. The lowest BCUT2D eigenvalue weighted by Crippen LogP contribution is -2.60. The quantitative estimate of drug-likeness (QED) is 0.609. The number of hydrogen-bond donors (Lipinski definition) is 3. The topological polar surface area (TPSA) is 112 Å². The summed E-state index contributed by atoms with van der Waals surface area (Å²) in [5, 5.41) is 14.4. The van der Waals surface area contributed by atoms with Gasteiger partial charge in [-0.15, -0.1) is 11.3 Å². The van der Waals surface area contributed by atoms with Crippen LogP contribution in [0.25, 0.3) is 0 Å². The number of rotatable bonds is 3. The number of anilines is 1. The average Bonchev–Trinajstić information content (AvgIpc) is 3.31. The molecular formula is C17H16Cl2N4O3S2. The fourth-order valence-electron chi connectivity index (χ4n) is 3.41. The number of nitrogens with one attached hydrogen (secondary N) is 3. The van der Waals surface area contributed by atoms with Gasteiger partial charge in [0.1, 0.15) is 21.6 Å². The van der Waals surface area contributed by atoms with Gasteiger partial charge in [-0.1, -0.05) is 29.3 Å². The molecule has 148 valence electrons. The molecule has 2 aliphatic rings. The maximum absolute atomic E-state index is 12.8. The molecule has 1 spiro atoms. The molecule has 0 unspecified atom stereocenters. The minimum absolute atomic E-state index is 0.000143. The van der Waals surface area contributed by atoms with Crippen LogP contribution in [0.5, 0.6) is 0 Å². The third-order valence-electron chi connectivity index (χ3n) is 5.00. The number of pyridine rings is 1. The van der Waals surface area contributed by atoms with Gasteiger partial charge in [-0.25, -0.2) is 13.4 Å². The van der Waals surface area contributed by atoms with E-state index >= 15 is 0 Å². The highest BCUT2D eigenvalue weighted by molar-refractivity contribution is 7.94. The second-order valence-electron chi connectivity index (χ2n) is 7.17. The minimum Gasteiger partial charge on any atom is -0.362 e. The number of carbonyl (C=O) groups is 1. The molecule has 1 amide bonds. The van der Waals surface area contributed by atoms with Crippen molar-refractivity contribution in [3.05, 3.63) is 44.2 Å². The van der Waals surface area contributed by atoms with Gasteiger partial charge in [0.25, 0.3) is 5.91 Å². The van der Waals surface area contributed by atoms with E-state index in [2.05, 4.69) is 15.6 Å². The van der Waals surface area contributed by atoms with Crippen LogP contribution in [0.1, 0.15) is 34.3 Å². The number of amides is 1. The Kier molecular flexibility index (Phi) is 4.50. The molecule has 2 fully saturated rings. The number of carbonyl (C=O) groups excluding carboxylic acids is 1. The number of aromatic nitrogens is 1. The summed E-state index contributed by atoms with van der Waals surface area (Å²) in [6.45, 7) is 1.69. The van der Waals surface area contributed by atoms with Gasteiger partial charge in [-0.2, -0.15) is 0 Å². The highest BCUT2D eigenvalue weighted by Crippen LogP contribution is 2.50. The zero-order chi connectivity index (χ0) is 20.3. The van der Waals surface area contributed by atoms with E-state index in [4.69, 9.17) is 28.6 Å². The van der Waals surface area contributed by atoms with Gasteiger partial charge in [-0.05, 0) is 38.0 Å². The van der Waals surface area contributed by atoms with Crippen molar-refractivity contribution in [3.8, 4) is 0 Å². The molecular weight excluding hydrogens is 443 g/mol. The second-order valence-corrected chi connectivity index (χ2v) is 11.3. The number of hydrogen-bond acceptors (Lipinski definition) is 6. The third kappa shape index (κ3) is 3.10. The molecule has 1 atom stereocenters. The Labute approximate surface area is 175 Å². The van der Waals surface area contributed by atoms with Crippen LogP contribution in [0.2, 0.25) is 10.2 Å². The third-order valence-corrected chi connectivity index (χ3v) is 9.78. The smallest absolute Gasteiger partial charge is 0.266 e. The van der Waals surface area contributed by atoms with Gasteiger partial charge in [0.2, 0.25) is 0 Å². The van der Waals surface area contributed by atoms with Crippen molar-refractivity contribution in [1.82, 2.24) is 10.3 Å². The van der Waals surface area contributed by atoms with Crippen LogP contribution in [-0.4, -0.2) is 35.6 Å². The van der Waals surface area contributed by atoms with Crippen molar-refractivity contribution >= 4 is 61.9 Å². The molecule has 3 N–H and O–H groups in total. The number of amidine groups is 1. The molecule has 0 bridgehead atoms. The van der Waals surface area contributed by atoms with Crippen LogP contribution in [0.3, 0.4) is 0 Å². The zero-order valence-corrected chi connectivity index (χ0v) is 17.8. The van der Waals surface area contributed by atoms with Crippen LogP contribution in [-0.2, 0) is 15.4 Å². The molecule has 2 aromatic rings. The number of halogens is 2. The van der Waals surface area contributed by atoms with E-state index in [1.54, 1.807) is 25.1 Å². The van der Waals surface area contributed by atoms with Crippen molar-refractivity contribution in [1.29, 1.82) is 5.41 Å². The first-order chi connectivity index (χ1) is 13.1. The fraction of sp³-hybridized carbons (Fsp3) is 0.353. The standard InChI is InChI=1S/C17H16Cl2N4O3S2/c1-16(8-28(25,26)17(5-6-17)15(20)23-16)13-9(18)7-10(27-13)14(24)22-12-4-2-3-11(19)21-12/h2-4,7H,5-6,8H2,1H3,(H2,20,23)(H,21,22,24)/t16-/m0/s1. The summed E-state index contributed by atoms with van der Waals surface area (Å²) in [5.41, 5.74) is -1.07. The van der Waals surface area contributed by atoms with Gasteiger partial charge in [0, 0.05) is 0 Å². The van der Waals surface area contributed by atoms with Gasteiger partial charge in [0.15, 0.2) is 9.84 Å². The van der Waals surface area contributed by atoms with Crippen molar-refractivity contribution in [2.75, 3.05) is 11.1 Å². The van der Waals surface area contributed by atoms with Crippen molar-refractivity contribution < 1.29 is 13.2 Å². The molecule has 1 aliphatic heterocycles. The Balaban J connectivity index is 1.62. The van der Waals surface area contributed by atoms with E-state index in [0.717, 1.165) is 11.3 Å². The minimum atomic E-state index is -3.50. The maximum atomic E-state index is 12.8. The van der Waals surface area contributed by atoms with Gasteiger partial charge in [-0.3, -0.25) is 10.2 Å². The normalized spacial score (nSPS) is 24.6. The highest BCUT2D eigenvalue weighted by atomic mass is 35.5. The lowest BCUT2D eigenvalue weighted by Gasteiger charge is -2.39. The summed E-state index contributed by atoms with van der Waals surface area (Å²) < 4.78 is 24.5. The molecule has 4 rings (SSSR count). The summed E-state index contributed by atoms with van der Waals surface area (Å²) in [7, 11) is -3.50. The first-order valence-corrected chi connectivity index (χ1v) is 11.6. The largest absolute Gasteiger partial charge is 0.362 e. The SMILES string of the molecule is C[C@@]1(c2sc(C(=O)Nc3cccc(Cl)n3)cc2Cl)CS(=O)(=O)C2(CC2)C(=N)N1. The molecule has 0 aromatic carbocycles. The highest BCUT2D eigenvalue weighted by Gasteiger charge is 2.63. The first-order valence-electron chi connectivity index (χ1n) is 8.40. The van der Waals surface area contributed by atoms with E-state index < -0.39 is 26.0 Å². The van der Waals surface area contributed by atoms with Crippen LogP contribution >= 0.6 is 34.5 Å². The maximum Gasteiger partial charge on any atom is 0.266 e. The van der Waals surface area contributed by atoms with Crippen LogP contribution in [0.4, 0.5) is 5.82 Å². The summed E-state index contributed by atoms with van der Waals surface area (Å²) in [4.78, 5) is 17.4. The molecule has 2 aromatic heterocycles. The van der Waals surface area contributed by atoms with Gasteiger partial charge >= 0.3 is 0 Å². The lowest BCUT2D eigenvalue weighted by atomic mass is 10.0. The van der Waals surface area contributed by atoms with E-state index in [-0.39, 0.29) is 21.8 Å². The van der Waals surface area contributed by atoms with Crippen molar-refractivity contribution in [2.24, 2.45) is 0 Å². The van der Waals surface area contributed by atoms with E-state index in [1.807, 2.05) is 0 Å². The summed E-state index contributed by atoms with van der Waals surface area (Å²) in [6.07, 6.45) is 0.936. The fourth-order valence-corrected chi connectivity index (χ4v) is 7.55. The van der Waals surface area contributed by atoms with E-state index in [1.165, 1.54) is 6.07 Å². The Morgan fingerprint density at radius 3 is 2.68 bits per heavy atom. The van der Waals surface area contributed by atoms with Gasteiger partial charge in [0.05, 0.1) is 26.1 Å².